The van der Waals surface area contributed by atoms with Crippen molar-refractivity contribution in [1.29, 1.82) is 0 Å². The van der Waals surface area contributed by atoms with Crippen molar-refractivity contribution in [2.75, 3.05) is 20.2 Å². The molecule has 2 N–H and O–H groups in total. The average molecular weight is 431 g/mol. The number of benzene rings is 2. The third kappa shape index (κ3) is 4.92. The molecule has 0 aliphatic carbocycles. The second-order valence-electron chi connectivity index (χ2n) is 7.45. The van der Waals surface area contributed by atoms with Gasteiger partial charge in [-0.1, -0.05) is 46.6 Å². The summed E-state index contributed by atoms with van der Waals surface area (Å²) in [6.07, 6.45) is 5.77. The Bertz CT molecular complexity index is 749. The van der Waals surface area contributed by atoms with E-state index in [9.17, 15) is 0 Å². The summed E-state index contributed by atoms with van der Waals surface area (Å²) in [6, 6.07) is 16.0. The van der Waals surface area contributed by atoms with Gasteiger partial charge in [-0.05, 0) is 74.0 Å². The quantitative estimate of drug-likeness (QED) is 0.662. The number of hydrogen-bond acceptors (Lipinski definition) is 3. The number of likely N-dealkylation sites (tertiary alicyclic amines) is 1. The second-order valence-corrected chi connectivity index (χ2v) is 8.37. The molecule has 1 heterocycles. The molecule has 4 heteroatoms. The van der Waals surface area contributed by atoms with Crippen molar-refractivity contribution in [3.05, 3.63) is 63.6 Å². The van der Waals surface area contributed by atoms with Crippen molar-refractivity contribution < 1.29 is 4.74 Å². The molecule has 0 saturated carbocycles. The van der Waals surface area contributed by atoms with Crippen LogP contribution < -0.4 is 10.5 Å². The first-order valence-corrected chi connectivity index (χ1v) is 10.8. The Morgan fingerprint density at radius 3 is 2.70 bits per heavy atom. The molecule has 0 amide bonds. The van der Waals surface area contributed by atoms with E-state index in [2.05, 4.69) is 58.1 Å². The highest BCUT2D eigenvalue weighted by molar-refractivity contribution is 9.10. The molecule has 2 atom stereocenters. The minimum Gasteiger partial charge on any atom is -0.496 e. The number of methoxy groups -OCH3 is 1. The first-order valence-electron chi connectivity index (χ1n) is 10.00. The number of rotatable bonds is 7. The highest BCUT2D eigenvalue weighted by Gasteiger charge is 2.27. The van der Waals surface area contributed by atoms with Gasteiger partial charge < -0.3 is 10.5 Å². The zero-order valence-electron chi connectivity index (χ0n) is 16.5. The lowest BCUT2D eigenvalue weighted by Crippen LogP contribution is -2.45. The summed E-state index contributed by atoms with van der Waals surface area (Å²) in [5, 5.41) is 0. The lowest BCUT2D eigenvalue weighted by molar-refractivity contribution is 0.107. The molecule has 1 saturated heterocycles. The number of ether oxygens (including phenoxy) is 1. The lowest BCUT2D eigenvalue weighted by Gasteiger charge is -2.40. The van der Waals surface area contributed by atoms with Crippen LogP contribution in [0.3, 0.4) is 0 Å². The maximum Gasteiger partial charge on any atom is 0.122 e. The Labute approximate surface area is 172 Å². The molecule has 2 unspecified atom stereocenters. The Morgan fingerprint density at radius 2 is 1.93 bits per heavy atom. The van der Waals surface area contributed by atoms with Crippen LogP contribution in [0.5, 0.6) is 5.75 Å². The minimum atomic E-state index is 0.402. The van der Waals surface area contributed by atoms with Gasteiger partial charge in [0.15, 0.2) is 0 Å². The third-order valence-electron chi connectivity index (χ3n) is 5.85. The van der Waals surface area contributed by atoms with Crippen molar-refractivity contribution in [1.82, 2.24) is 4.90 Å². The minimum absolute atomic E-state index is 0.402. The lowest BCUT2D eigenvalue weighted by atomic mass is 9.92. The van der Waals surface area contributed by atoms with Crippen LogP contribution in [0, 0.1) is 0 Å². The molecule has 3 rings (SSSR count). The van der Waals surface area contributed by atoms with Crippen LogP contribution in [0.1, 0.15) is 48.9 Å². The zero-order valence-corrected chi connectivity index (χ0v) is 18.0. The molecule has 3 nitrogen and oxygen atoms in total. The van der Waals surface area contributed by atoms with Gasteiger partial charge in [-0.25, -0.2) is 0 Å². The van der Waals surface area contributed by atoms with Crippen LogP contribution in [-0.2, 0) is 12.8 Å². The van der Waals surface area contributed by atoms with Gasteiger partial charge in [-0.15, -0.1) is 0 Å². The highest BCUT2D eigenvalue weighted by atomic mass is 79.9. The van der Waals surface area contributed by atoms with Crippen LogP contribution in [0.25, 0.3) is 0 Å². The second kappa shape index (κ2) is 9.72. The molecule has 1 aliphatic rings. The predicted molar refractivity (Wildman–Crippen MR) is 116 cm³/mol. The van der Waals surface area contributed by atoms with Crippen molar-refractivity contribution in [3.8, 4) is 5.75 Å². The average Bonchev–Trinajstić information content (AvgIpc) is 2.72. The van der Waals surface area contributed by atoms with Crippen LogP contribution in [0.2, 0.25) is 0 Å². The van der Waals surface area contributed by atoms with Crippen molar-refractivity contribution in [3.63, 3.8) is 0 Å². The standard InChI is InChI=1S/C23H31BrN2O/c1-17(26-14-6-5-8-21(26)16-25)22-9-4-3-7-18(22)10-11-19-15-20(24)12-13-23(19)27-2/h3-4,7,9,12-13,15,17,21H,5-6,8,10-11,14,16,25H2,1-2H3. The SMILES string of the molecule is COc1ccc(Br)cc1CCc1ccccc1C(C)N1CCCCC1CN. The number of halogens is 1. The zero-order chi connectivity index (χ0) is 19.2. The monoisotopic (exact) mass is 430 g/mol. The van der Waals surface area contributed by atoms with Crippen molar-refractivity contribution in [2.45, 2.75) is 51.1 Å². The van der Waals surface area contributed by atoms with E-state index in [0.717, 1.165) is 36.2 Å². The van der Waals surface area contributed by atoms with E-state index < -0.39 is 0 Å². The van der Waals surface area contributed by atoms with E-state index in [0.29, 0.717) is 12.1 Å². The Morgan fingerprint density at radius 1 is 1.15 bits per heavy atom. The Hall–Kier alpha value is -1.36. The largest absolute Gasteiger partial charge is 0.496 e. The van der Waals surface area contributed by atoms with Gasteiger partial charge in [-0.2, -0.15) is 0 Å². The first kappa shape index (κ1) is 20.4. The van der Waals surface area contributed by atoms with Gasteiger partial charge in [0, 0.05) is 23.1 Å². The Kier molecular flexibility index (Phi) is 7.33. The van der Waals surface area contributed by atoms with Crippen LogP contribution >= 0.6 is 15.9 Å². The van der Waals surface area contributed by atoms with Gasteiger partial charge in [0.25, 0.3) is 0 Å². The van der Waals surface area contributed by atoms with Gasteiger partial charge in [-0.3, -0.25) is 4.90 Å². The summed E-state index contributed by atoms with van der Waals surface area (Å²) in [5.41, 5.74) is 10.2. The summed E-state index contributed by atoms with van der Waals surface area (Å²) < 4.78 is 6.64. The van der Waals surface area contributed by atoms with E-state index in [1.54, 1.807) is 7.11 Å². The van der Waals surface area contributed by atoms with Crippen LogP contribution in [-0.4, -0.2) is 31.1 Å². The van der Waals surface area contributed by atoms with E-state index in [1.807, 2.05) is 12.1 Å². The van der Waals surface area contributed by atoms with Gasteiger partial charge in [0.05, 0.1) is 7.11 Å². The predicted octanol–water partition coefficient (Wildman–Crippen LogP) is 5.12. The molecule has 27 heavy (non-hydrogen) atoms. The topological polar surface area (TPSA) is 38.5 Å². The number of hydrogen-bond donors (Lipinski definition) is 1. The number of piperidine rings is 1. The molecular weight excluding hydrogens is 400 g/mol. The smallest absolute Gasteiger partial charge is 0.122 e. The maximum absolute atomic E-state index is 6.07. The van der Waals surface area contributed by atoms with E-state index in [4.69, 9.17) is 10.5 Å². The third-order valence-corrected chi connectivity index (χ3v) is 6.35. The fourth-order valence-electron chi connectivity index (χ4n) is 4.35. The fourth-order valence-corrected chi connectivity index (χ4v) is 4.75. The molecule has 0 spiro atoms. The summed E-state index contributed by atoms with van der Waals surface area (Å²) in [7, 11) is 1.74. The van der Waals surface area contributed by atoms with E-state index in [1.165, 1.54) is 36.0 Å². The molecule has 0 bridgehead atoms. The fraction of sp³-hybridized carbons (Fsp3) is 0.478. The highest BCUT2D eigenvalue weighted by Crippen LogP contribution is 2.31. The van der Waals surface area contributed by atoms with Crippen molar-refractivity contribution >= 4 is 15.9 Å². The summed E-state index contributed by atoms with van der Waals surface area (Å²) >= 11 is 3.58. The first-order chi connectivity index (χ1) is 13.1. The molecule has 1 aliphatic heterocycles. The van der Waals surface area contributed by atoms with Gasteiger partial charge in [0.2, 0.25) is 0 Å². The van der Waals surface area contributed by atoms with Crippen LogP contribution in [0.4, 0.5) is 0 Å². The van der Waals surface area contributed by atoms with Gasteiger partial charge in [0.1, 0.15) is 5.75 Å². The Balaban J connectivity index is 1.79. The van der Waals surface area contributed by atoms with Gasteiger partial charge >= 0.3 is 0 Å². The summed E-state index contributed by atoms with van der Waals surface area (Å²) in [5.74, 6) is 0.961. The number of nitrogens with two attached hydrogens (primary N) is 1. The molecule has 2 aromatic rings. The molecule has 146 valence electrons. The van der Waals surface area contributed by atoms with E-state index in [-0.39, 0.29) is 0 Å². The van der Waals surface area contributed by atoms with Crippen molar-refractivity contribution in [2.24, 2.45) is 5.73 Å². The number of aryl methyl sites for hydroxylation is 2. The van der Waals surface area contributed by atoms with E-state index >= 15 is 0 Å². The normalized spacial score (nSPS) is 19.0. The molecule has 2 aromatic carbocycles. The summed E-state index contributed by atoms with van der Waals surface area (Å²) in [4.78, 5) is 2.61. The molecule has 0 aromatic heterocycles. The maximum atomic E-state index is 6.07. The molecule has 1 fully saturated rings. The molecular formula is C23H31BrN2O. The summed E-state index contributed by atoms with van der Waals surface area (Å²) in [6.45, 7) is 4.24. The van der Waals surface area contributed by atoms with Crippen LogP contribution in [0.15, 0.2) is 46.9 Å². The number of nitrogens with zero attached hydrogens (tertiary/aromatic N) is 1. The molecule has 0 radical (unpaired) electrons.